The molecule has 0 N–H and O–H groups in total. The predicted octanol–water partition coefficient (Wildman–Crippen LogP) is 4.10. The van der Waals surface area contributed by atoms with Gasteiger partial charge in [0.1, 0.15) is 11.4 Å². The number of aromatic nitrogens is 3. The first-order chi connectivity index (χ1) is 11.0. The number of pyridine rings is 1. The number of ether oxygens (including phenoxy) is 1. The Morgan fingerprint density at radius 1 is 1.22 bits per heavy atom. The van der Waals surface area contributed by atoms with Gasteiger partial charge in [0.15, 0.2) is 5.82 Å². The molecule has 2 aromatic rings. The lowest BCUT2D eigenvalue weighted by Gasteiger charge is -2.11. The van der Waals surface area contributed by atoms with Gasteiger partial charge < -0.3 is 9.26 Å². The van der Waals surface area contributed by atoms with Crippen LogP contribution in [0.25, 0.3) is 11.6 Å². The molecule has 2 fully saturated rings. The minimum atomic E-state index is -0.138. The summed E-state index contributed by atoms with van der Waals surface area (Å²) in [6.45, 7) is 7.00. The maximum absolute atomic E-state index is 6.07. The number of rotatable bonds is 5. The van der Waals surface area contributed by atoms with Crippen LogP contribution in [-0.4, -0.2) is 21.7 Å². The van der Waals surface area contributed by atoms with Crippen LogP contribution in [0.2, 0.25) is 0 Å². The van der Waals surface area contributed by atoms with E-state index in [0.29, 0.717) is 23.3 Å². The van der Waals surface area contributed by atoms with E-state index in [1.165, 1.54) is 31.2 Å². The lowest BCUT2D eigenvalue weighted by Crippen LogP contribution is -2.13. The minimum Gasteiger partial charge on any atom is -0.493 e. The molecule has 2 aliphatic rings. The summed E-state index contributed by atoms with van der Waals surface area (Å²) in [5, 5.41) is 4.08. The maximum atomic E-state index is 6.07. The summed E-state index contributed by atoms with van der Waals surface area (Å²) in [5.41, 5.74) is 1.79. The Morgan fingerprint density at radius 2 is 2.00 bits per heavy atom. The van der Waals surface area contributed by atoms with E-state index in [4.69, 9.17) is 9.26 Å². The highest BCUT2D eigenvalue weighted by Gasteiger charge is 2.30. The molecular weight excluding hydrogens is 290 g/mol. The second-order valence-electron chi connectivity index (χ2n) is 7.81. The van der Waals surface area contributed by atoms with Crippen molar-refractivity contribution in [2.45, 2.75) is 57.8 Å². The SMILES string of the molecule is CC(C)(C)c1noc(-c2cc(OCC3CC3)c(C3CC3)cn2)n1. The summed E-state index contributed by atoms with van der Waals surface area (Å²) in [6, 6.07) is 1.97. The van der Waals surface area contributed by atoms with Gasteiger partial charge in [0.2, 0.25) is 0 Å². The third-order valence-corrected chi connectivity index (χ3v) is 4.40. The summed E-state index contributed by atoms with van der Waals surface area (Å²) >= 11 is 0. The van der Waals surface area contributed by atoms with Crippen molar-refractivity contribution >= 4 is 0 Å². The quantitative estimate of drug-likeness (QED) is 0.832. The number of hydrogen-bond acceptors (Lipinski definition) is 5. The van der Waals surface area contributed by atoms with Gasteiger partial charge >= 0.3 is 0 Å². The Morgan fingerprint density at radius 3 is 2.61 bits per heavy atom. The molecule has 0 unspecified atom stereocenters. The van der Waals surface area contributed by atoms with Crippen molar-refractivity contribution in [3.8, 4) is 17.3 Å². The molecule has 2 saturated carbocycles. The molecule has 5 heteroatoms. The molecule has 0 saturated heterocycles. The minimum absolute atomic E-state index is 0.138. The molecule has 2 aliphatic carbocycles. The van der Waals surface area contributed by atoms with Crippen molar-refractivity contribution in [2.75, 3.05) is 6.61 Å². The Balaban J connectivity index is 1.62. The van der Waals surface area contributed by atoms with E-state index in [2.05, 4.69) is 35.9 Å². The van der Waals surface area contributed by atoms with Crippen LogP contribution in [0.5, 0.6) is 5.75 Å². The van der Waals surface area contributed by atoms with E-state index in [-0.39, 0.29) is 5.41 Å². The third kappa shape index (κ3) is 3.23. The summed E-state index contributed by atoms with van der Waals surface area (Å²) in [5.74, 6) is 3.45. The van der Waals surface area contributed by atoms with Crippen LogP contribution in [-0.2, 0) is 5.41 Å². The van der Waals surface area contributed by atoms with Crippen molar-refractivity contribution in [2.24, 2.45) is 5.92 Å². The zero-order valence-corrected chi connectivity index (χ0v) is 14.0. The highest BCUT2D eigenvalue weighted by atomic mass is 16.5. The Bertz CT molecular complexity index is 709. The third-order valence-electron chi connectivity index (χ3n) is 4.40. The van der Waals surface area contributed by atoms with Crippen molar-refractivity contribution < 1.29 is 9.26 Å². The smallest absolute Gasteiger partial charge is 0.276 e. The summed E-state index contributed by atoms with van der Waals surface area (Å²) < 4.78 is 11.5. The van der Waals surface area contributed by atoms with Gasteiger partial charge in [-0.3, -0.25) is 4.98 Å². The van der Waals surface area contributed by atoms with Crippen molar-refractivity contribution in [1.82, 2.24) is 15.1 Å². The molecule has 0 aromatic carbocycles. The van der Waals surface area contributed by atoms with Crippen molar-refractivity contribution in [3.63, 3.8) is 0 Å². The van der Waals surface area contributed by atoms with Gasteiger partial charge in [0.05, 0.1) is 6.61 Å². The van der Waals surface area contributed by atoms with Gasteiger partial charge in [-0.2, -0.15) is 4.98 Å². The number of hydrogen-bond donors (Lipinski definition) is 0. The van der Waals surface area contributed by atoms with E-state index < -0.39 is 0 Å². The maximum Gasteiger partial charge on any atom is 0.276 e. The molecule has 0 bridgehead atoms. The lowest BCUT2D eigenvalue weighted by molar-refractivity contribution is 0.296. The predicted molar refractivity (Wildman–Crippen MR) is 86.4 cm³/mol. The average molecular weight is 313 g/mol. The van der Waals surface area contributed by atoms with E-state index in [1.54, 1.807) is 0 Å². The zero-order chi connectivity index (χ0) is 16.0. The molecule has 2 aromatic heterocycles. The zero-order valence-electron chi connectivity index (χ0n) is 14.0. The van der Waals surface area contributed by atoms with E-state index in [1.807, 2.05) is 12.3 Å². The second kappa shape index (κ2) is 5.32. The molecule has 5 nitrogen and oxygen atoms in total. The van der Waals surface area contributed by atoms with E-state index in [0.717, 1.165) is 18.3 Å². The second-order valence-corrected chi connectivity index (χ2v) is 7.81. The Kier molecular flexibility index (Phi) is 3.39. The fraction of sp³-hybridized carbons (Fsp3) is 0.611. The number of nitrogens with zero attached hydrogens (tertiary/aromatic N) is 3. The molecule has 122 valence electrons. The molecule has 2 heterocycles. The van der Waals surface area contributed by atoms with Crippen LogP contribution in [0.4, 0.5) is 0 Å². The topological polar surface area (TPSA) is 61.0 Å². The van der Waals surface area contributed by atoms with Crippen LogP contribution < -0.4 is 4.74 Å². The monoisotopic (exact) mass is 313 g/mol. The first-order valence-corrected chi connectivity index (χ1v) is 8.48. The van der Waals surface area contributed by atoms with Gasteiger partial charge in [0.25, 0.3) is 5.89 Å². The van der Waals surface area contributed by atoms with E-state index in [9.17, 15) is 0 Å². The fourth-order valence-electron chi connectivity index (χ4n) is 2.51. The molecular formula is C18H23N3O2. The van der Waals surface area contributed by atoms with Crippen molar-refractivity contribution in [1.29, 1.82) is 0 Å². The van der Waals surface area contributed by atoms with Crippen LogP contribution in [0.15, 0.2) is 16.8 Å². The van der Waals surface area contributed by atoms with Gasteiger partial charge in [0, 0.05) is 23.2 Å². The fourth-order valence-corrected chi connectivity index (χ4v) is 2.51. The van der Waals surface area contributed by atoms with Gasteiger partial charge in [-0.25, -0.2) is 0 Å². The molecule has 0 radical (unpaired) electrons. The molecule has 0 spiro atoms. The first-order valence-electron chi connectivity index (χ1n) is 8.48. The highest BCUT2D eigenvalue weighted by molar-refractivity contribution is 5.53. The van der Waals surface area contributed by atoms with Gasteiger partial charge in [-0.05, 0) is 37.5 Å². The summed E-state index contributed by atoms with van der Waals surface area (Å²) in [6.07, 6.45) is 6.96. The average Bonchev–Trinajstić information content (AvgIpc) is 3.43. The lowest BCUT2D eigenvalue weighted by atomic mass is 9.96. The summed E-state index contributed by atoms with van der Waals surface area (Å²) in [7, 11) is 0. The normalized spacial score (nSPS) is 18.2. The Labute approximate surface area is 136 Å². The Hall–Kier alpha value is -1.91. The molecule has 0 aliphatic heterocycles. The van der Waals surface area contributed by atoms with Gasteiger partial charge in [-0.1, -0.05) is 25.9 Å². The summed E-state index contributed by atoms with van der Waals surface area (Å²) in [4.78, 5) is 9.03. The first kappa shape index (κ1) is 14.7. The van der Waals surface area contributed by atoms with Crippen LogP contribution in [0.3, 0.4) is 0 Å². The largest absolute Gasteiger partial charge is 0.493 e. The highest BCUT2D eigenvalue weighted by Crippen LogP contribution is 2.45. The standard InChI is InChI=1S/C18H23N3O2/c1-18(2,3)17-20-16(23-21-17)14-8-15(22-10-11-4-5-11)13(9-19-14)12-6-7-12/h8-9,11-12H,4-7,10H2,1-3H3. The van der Waals surface area contributed by atoms with Gasteiger partial charge in [-0.15, -0.1) is 0 Å². The van der Waals surface area contributed by atoms with Crippen molar-refractivity contribution in [3.05, 3.63) is 23.7 Å². The molecule has 0 atom stereocenters. The van der Waals surface area contributed by atoms with E-state index >= 15 is 0 Å². The van der Waals surface area contributed by atoms with Crippen LogP contribution in [0, 0.1) is 5.92 Å². The molecule has 4 rings (SSSR count). The van der Waals surface area contributed by atoms with Crippen LogP contribution >= 0.6 is 0 Å². The molecule has 0 amide bonds. The van der Waals surface area contributed by atoms with Crippen LogP contribution in [0.1, 0.15) is 63.8 Å². The molecule has 23 heavy (non-hydrogen) atoms.